The first kappa shape index (κ1) is 15.0. The fraction of sp³-hybridized carbons (Fsp3) is 0.500. The Morgan fingerprint density at radius 1 is 1.18 bits per heavy atom. The molecule has 0 N–H and O–H groups in total. The number of aromatic nitrogens is 2. The average Bonchev–Trinajstić information content (AvgIpc) is 3.23. The zero-order valence-electron chi connectivity index (χ0n) is 12.5. The molecule has 22 heavy (non-hydrogen) atoms. The maximum atomic E-state index is 4.65. The van der Waals surface area contributed by atoms with Gasteiger partial charge in [-0.15, -0.1) is 11.8 Å². The van der Waals surface area contributed by atoms with Crippen LogP contribution in [0.4, 0.5) is 0 Å². The fourth-order valence-electron chi connectivity index (χ4n) is 3.46. The monoisotopic (exact) mass is 349 g/mol. The summed E-state index contributed by atoms with van der Waals surface area (Å²) in [6, 6.07) is 10.6. The Hall–Kier alpha value is -0.560. The molecule has 4 rings (SSSR count). The van der Waals surface area contributed by atoms with Gasteiger partial charge in [0.25, 0.3) is 0 Å². The van der Waals surface area contributed by atoms with Crippen molar-refractivity contribution >= 4 is 35.3 Å². The summed E-state index contributed by atoms with van der Waals surface area (Å²) in [6.07, 6.45) is 1.33. The number of rotatable bonds is 5. The third-order valence-corrected chi connectivity index (χ3v) is 7.46. The van der Waals surface area contributed by atoms with E-state index in [9.17, 15) is 0 Å². The molecule has 3 nitrogen and oxygen atoms in total. The molecular formula is C16H19N3S3. The number of hydrogen-bond donors (Lipinski definition) is 0. The summed E-state index contributed by atoms with van der Waals surface area (Å²) in [7, 11) is 0. The molecule has 1 aromatic carbocycles. The highest BCUT2D eigenvalue weighted by atomic mass is 32.2. The maximum Gasteiger partial charge on any atom is 0.135 e. The lowest BCUT2D eigenvalue weighted by Gasteiger charge is -2.21. The summed E-state index contributed by atoms with van der Waals surface area (Å²) in [5.41, 5.74) is 1.27. The summed E-state index contributed by atoms with van der Waals surface area (Å²) < 4.78 is 9.69. The third-order valence-electron chi connectivity index (χ3n) is 4.49. The van der Waals surface area contributed by atoms with Crippen molar-refractivity contribution in [1.82, 2.24) is 13.6 Å². The van der Waals surface area contributed by atoms with Crippen molar-refractivity contribution < 1.29 is 0 Å². The van der Waals surface area contributed by atoms with Crippen molar-refractivity contribution in [2.24, 2.45) is 5.92 Å². The van der Waals surface area contributed by atoms with E-state index >= 15 is 0 Å². The Labute approximate surface area is 144 Å². The number of thioether (sulfide) groups is 2. The predicted molar refractivity (Wildman–Crippen MR) is 94.8 cm³/mol. The molecule has 2 bridgehead atoms. The standard InChI is InChI=1S/C16H19N3S3/c1-11(20-13-5-3-2-4-6-13)21-16-15(17-22-18-16)14-10-19-8-7-12(14)9-19/h2-6,11-12,14H,7-10H2,1H3. The normalized spacial score (nSPS) is 28.1. The van der Waals surface area contributed by atoms with Gasteiger partial charge in [-0.1, -0.05) is 30.0 Å². The maximum absolute atomic E-state index is 4.65. The molecule has 0 amide bonds. The van der Waals surface area contributed by atoms with Crippen molar-refractivity contribution in [1.29, 1.82) is 0 Å². The van der Waals surface area contributed by atoms with E-state index in [-0.39, 0.29) is 0 Å². The highest BCUT2D eigenvalue weighted by Gasteiger charge is 2.41. The third kappa shape index (κ3) is 3.07. The largest absolute Gasteiger partial charge is 0.302 e. The minimum absolute atomic E-state index is 0.448. The summed E-state index contributed by atoms with van der Waals surface area (Å²) in [5.74, 6) is 1.42. The van der Waals surface area contributed by atoms with Gasteiger partial charge in [-0.05, 0) is 37.9 Å². The van der Waals surface area contributed by atoms with Crippen LogP contribution in [0.3, 0.4) is 0 Å². The minimum Gasteiger partial charge on any atom is -0.302 e. The van der Waals surface area contributed by atoms with E-state index in [1.807, 2.05) is 23.5 Å². The molecule has 0 saturated carbocycles. The van der Waals surface area contributed by atoms with Crippen LogP contribution >= 0.6 is 35.3 Å². The fourth-order valence-corrected chi connectivity index (χ4v) is 6.44. The summed E-state index contributed by atoms with van der Waals surface area (Å²) in [4.78, 5) is 3.89. The van der Waals surface area contributed by atoms with E-state index in [0.717, 1.165) is 5.92 Å². The minimum atomic E-state index is 0.448. The van der Waals surface area contributed by atoms with Crippen molar-refractivity contribution in [2.75, 3.05) is 19.6 Å². The molecule has 4 atom stereocenters. The highest BCUT2D eigenvalue weighted by Crippen LogP contribution is 2.44. The van der Waals surface area contributed by atoms with Crippen LogP contribution in [0.15, 0.2) is 40.3 Å². The number of hydrogen-bond acceptors (Lipinski definition) is 6. The van der Waals surface area contributed by atoms with Crippen molar-refractivity contribution in [2.45, 2.75) is 33.8 Å². The first-order valence-corrected chi connectivity index (χ1v) is 10.2. The first-order valence-electron chi connectivity index (χ1n) is 7.73. The van der Waals surface area contributed by atoms with Gasteiger partial charge in [-0.3, -0.25) is 0 Å². The van der Waals surface area contributed by atoms with E-state index < -0.39 is 0 Å². The average molecular weight is 350 g/mol. The highest BCUT2D eigenvalue weighted by molar-refractivity contribution is 8.17. The van der Waals surface area contributed by atoms with Crippen LogP contribution in [0.2, 0.25) is 0 Å². The molecule has 2 aliphatic rings. The molecule has 0 aliphatic carbocycles. The van der Waals surface area contributed by atoms with Gasteiger partial charge in [-0.2, -0.15) is 8.75 Å². The van der Waals surface area contributed by atoms with E-state index in [2.05, 4.69) is 50.9 Å². The molecular weight excluding hydrogens is 330 g/mol. The Morgan fingerprint density at radius 2 is 2.05 bits per heavy atom. The number of benzene rings is 1. The van der Waals surface area contributed by atoms with E-state index in [4.69, 9.17) is 0 Å². The second-order valence-corrected chi connectivity index (χ2v) is 9.56. The zero-order valence-corrected chi connectivity index (χ0v) is 15.0. The van der Waals surface area contributed by atoms with Gasteiger partial charge in [0.05, 0.1) is 22.0 Å². The molecule has 0 spiro atoms. The Bertz CT molecular complexity index is 631. The smallest absolute Gasteiger partial charge is 0.135 e. The molecule has 3 heterocycles. The van der Waals surface area contributed by atoms with Crippen molar-refractivity contribution in [3.05, 3.63) is 36.0 Å². The molecule has 2 fully saturated rings. The second kappa shape index (κ2) is 6.51. The van der Waals surface area contributed by atoms with Crippen molar-refractivity contribution in [3.63, 3.8) is 0 Å². The molecule has 1 aromatic heterocycles. The SMILES string of the molecule is CC(Sc1ccccc1)Sc1nsnc1C1CN2CCC1C2. The van der Waals surface area contributed by atoms with Crippen LogP contribution in [0.1, 0.15) is 25.0 Å². The Kier molecular flexibility index (Phi) is 4.44. The molecule has 2 aliphatic heterocycles. The van der Waals surface area contributed by atoms with Crippen LogP contribution in [-0.4, -0.2) is 37.9 Å². The van der Waals surface area contributed by atoms with Crippen LogP contribution in [-0.2, 0) is 0 Å². The van der Waals surface area contributed by atoms with Crippen LogP contribution < -0.4 is 0 Å². The van der Waals surface area contributed by atoms with Crippen LogP contribution in [0.5, 0.6) is 0 Å². The lowest BCUT2D eigenvalue weighted by atomic mass is 9.90. The zero-order chi connectivity index (χ0) is 14.9. The first-order chi connectivity index (χ1) is 10.8. The van der Waals surface area contributed by atoms with E-state index in [1.165, 1.54) is 53.4 Å². The second-order valence-electron chi connectivity index (χ2n) is 5.99. The van der Waals surface area contributed by atoms with E-state index in [1.54, 1.807) is 0 Å². The van der Waals surface area contributed by atoms with Crippen LogP contribution in [0, 0.1) is 5.92 Å². The molecule has 116 valence electrons. The molecule has 2 saturated heterocycles. The predicted octanol–water partition coefficient (Wildman–Crippen LogP) is 4.19. The van der Waals surface area contributed by atoms with Crippen molar-refractivity contribution in [3.8, 4) is 0 Å². The number of nitrogens with zero attached hydrogens (tertiary/aromatic N) is 3. The van der Waals surface area contributed by atoms with Gasteiger partial charge in [0, 0.05) is 23.9 Å². The van der Waals surface area contributed by atoms with Gasteiger partial charge in [0.2, 0.25) is 0 Å². The molecule has 6 heteroatoms. The van der Waals surface area contributed by atoms with Gasteiger partial charge in [0.15, 0.2) is 0 Å². The Balaban J connectivity index is 1.44. The van der Waals surface area contributed by atoms with E-state index in [0.29, 0.717) is 10.5 Å². The molecule has 0 radical (unpaired) electrons. The van der Waals surface area contributed by atoms with Gasteiger partial charge < -0.3 is 4.90 Å². The quantitative estimate of drug-likeness (QED) is 0.596. The topological polar surface area (TPSA) is 29.0 Å². The van der Waals surface area contributed by atoms with Gasteiger partial charge >= 0.3 is 0 Å². The molecule has 4 unspecified atom stereocenters. The lowest BCUT2D eigenvalue weighted by Crippen LogP contribution is -2.22. The van der Waals surface area contributed by atoms with Crippen LogP contribution in [0.25, 0.3) is 0 Å². The summed E-state index contributed by atoms with van der Waals surface area (Å²) in [5, 5.41) is 1.17. The summed E-state index contributed by atoms with van der Waals surface area (Å²) >= 11 is 5.15. The van der Waals surface area contributed by atoms with Gasteiger partial charge in [-0.25, -0.2) is 0 Å². The number of piperidine rings is 1. The number of fused-ring (bicyclic) bond motifs is 2. The lowest BCUT2D eigenvalue weighted by molar-refractivity contribution is 0.342. The Morgan fingerprint density at radius 3 is 2.77 bits per heavy atom. The molecule has 2 aromatic rings. The van der Waals surface area contributed by atoms with Gasteiger partial charge in [0.1, 0.15) is 5.03 Å². The summed E-state index contributed by atoms with van der Waals surface area (Å²) in [6.45, 7) is 5.99.